The van der Waals surface area contributed by atoms with Crippen molar-refractivity contribution in [2.24, 2.45) is 0 Å². The summed E-state index contributed by atoms with van der Waals surface area (Å²) >= 11 is 0. The zero-order valence-electron chi connectivity index (χ0n) is 16.2. The highest BCUT2D eigenvalue weighted by Gasteiger charge is 2.44. The van der Waals surface area contributed by atoms with E-state index < -0.39 is 5.67 Å². The van der Waals surface area contributed by atoms with Crippen LogP contribution in [-0.4, -0.2) is 32.9 Å². The molecular weight excluding hydrogens is 355 g/mol. The van der Waals surface area contributed by atoms with Gasteiger partial charge in [0.2, 0.25) is 0 Å². The molecule has 1 saturated heterocycles. The molecule has 28 heavy (non-hydrogen) atoms. The van der Waals surface area contributed by atoms with Gasteiger partial charge in [0.1, 0.15) is 17.0 Å². The quantitative estimate of drug-likeness (QED) is 0.642. The van der Waals surface area contributed by atoms with Crippen molar-refractivity contribution in [2.75, 3.05) is 6.61 Å². The van der Waals surface area contributed by atoms with Gasteiger partial charge >= 0.3 is 0 Å². The van der Waals surface area contributed by atoms with E-state index >= 15 is 0 Å². The fraction of sp³-hybridized carbons (Fsp3) is 0.500. The van der Waals surface area contributed by atoms with Crippen molar-refractivity contribution in [2.45, 2.75) is 63.3 Å². The first-order valence-electron chi connectivity index (χ1n) is 9.96. The monoisotopic (exact) mass is 378 g/mol. The van der Waals surface area contributed by atoms with Gasteiger partial charge in [0, 0.05) is 24.0 Å². The highest BCUT2D eigenvalue weighted by atomic mass is 19.1. The van der Waals surface area contributed by atoms with Gasteiger partial charge in [-0.1, -0.05) is 0 Å². The lowest BCUT2D eigenvalue weighted by Gasteiger charge is -2.40. The lowest BCUT2D eigenvalue weighted by molar-refractivity contribution is 0.00394. The number of imidazole rings is 1. The molecule has 2 fully saturated rings. The van der Waals surface area contributed by atoms with Crippen molar-refractivity contribution in [1.29, 1.82) is 5.26 Å². The van der Waals surface area contributed by atoms with Crippen molar-refractivity contribution in [3.63, 3.8) is 0 Å². The average molecular weight is 378 g/mol. The highest BCUT2D eigenvalue weighted by molar-refractivity contribution is 6.03. The molecule has 0 unspecified atom stereocenters. The first-order chi connectivity index (χ1) is 13.4. The molecule has 1 aliphatic carbocycles. The van der Waals surface area contributed by atoms with Gasteiger partial charge < -0.3 is 9.30 Å². The Labute approximate surface area is 163 Å². The molecule has 3 heterocycles. The van der Waals surface area contributed by atoms with E-state index in [1.54, 1.807) is 19.2 Å². The molecule has 0 amide bonds. The maximum absolute atomic E-state index is 14.3. The summed E-state index contributed by atoms with van der Waals surface area (Å²) in [5, 5.41) is 10.3. The Balaban J connectivity index is 1.75. The van der Waals surface area contributed by atoms with E-state index in [2.05, 4.69) is 22.5 Å². The average Bonchev–Trinajstić information content (AvgIpc) is 3.05. The Morgan fingerprint density at radius 1 is 1.32 bits per heavy atom. The van der Waals surface area contributed by atoms with E-state index in [9.17, 15) is 9.65 Å². The van der Waals surface area contributed by atoms with Crippen LogP contribution in [0.15, 0.2) is 24.4 Å². The number of rotatable bonds is 2. The van der Waals surface area contributed by atoms with Gasteiger partial charge in [0.25, 0.3) is 0 Å². The number of nitrogens with zero attached hydrogens (tertiary/aromatic N) is 4. The number of alkyl halides is 1. The van der Waals surface area contributed by atoms with Gasteiger partial charge in [0.05, 0.1) is 35.0 Å². The third-order valence-corrected chi connectivity index (χ3v) is 6.20. The minimum atomic E-state index is -1.11. The van der Waals surface area contributed by atoms with E-state index in [4.69, 9.17) is 9.72 Å². The molecule has 2 aromatic heterocycles. The second-order valence-corrected chi connectivity index (χ2v) is 8.55. The molecule has 2 aliphatic rings. The third kappa shape index (κ3) is 2.77. The van der Waals surface area contributed by atoms with E-state index in [0.29, 0.717) is 25.0 Å². The normalized spacial score (nSPS) is 30.3. The smallest absolute Gasteiger partial charge is 0.113 e. The van der Waals surface area contributed by atoms with Crippen LogP contribution in [0.5, 0.6) is 0 Å². The second kappa shape index (κ2) is 6.25. The fourth-order valence-electron chi connectivity index (χ4n) is 4.88. The molecule has 0 radical (unpaired) electrons. The Hall–Kier alpha value is -2.52. The predicted molar refractivity (Wildman–Crippen MR) is 105 cm³/mol. The minimum absolute atomic E-state index is 0.120. The Morgan fingerprint density at radius 2 is 2.14 bits per heavy atom. The molecule has 0 bridgehead atoms. The zero-order chi connectivity index (χ0) is 19.5. The Bertz CT molecular complexity index is 1110. The lowest BCUT2D eigenvalue weighted by atomic mass is 9.73. The van der Waals surface area contributed by atoms with E-state index in [1.807, 2.05) is 12.1 Å². The molecule has 6 heteroatoms. The topological polar surface area (TPSA) is 63.7 Å². The summed E-state index contributed by atoms with van der Waals surface area (Å²) in [5.41, 5.74) is 2.19. The molecule has 1 saturated carbocycles. The number of benzene rings is 1. The molecular formula is C22H23FN4O. The maximum Gasteiger partial charge on any atom is 0.113 e. The van der Waals surface area contributed by atoms with Crippen LogP contribution in [0.1, 0.15) is 62.9 Å². The molecule has 0 spiro atoms. The number of halogens is 1. The number of hydrogen-bond acceptors (Lipinski definition) is 4. The fourth-order valence-corrected chi connectivity index (χ4v) is 4.88. The van der Waals surface area contributed by atoms with Crippen LogP contribution >= 0.6 is 0 Å². The first kappa shape index (κ1) is 17.6. The number of aromatic nitrogens is 3. The standard InChI is InChI=1S/C22H23FN4O/c1-13-7-16(5-6-28-13)27-20-17-8-14(11-24)3-4-18(17)25-12-19(20)26-21(27)15-9-22(2,23)10-15/h3-4,8,12-13,15-16H,5-7,9-10H2,1-2H3/t13-,15-,16-,22+/m1/s1. The van der Waals surface area contributed by atoms with Crippen LogP contribution in [0.3, 0.4) is 0 Å². The number of ether oxygens (including phenoxy) is 1. The second-order valence-electron chi connectivity index (χ2n) is 8.55. The SMILES string of the molecule is C[C@@H]1C[C@H](n2c3c(cnc4ccc(C#N)cc43)nc2[C@H]2C[C@@](C)(F)C2)CCO1. The van der Waals surface area contributed by atoms with Gasteiger partial charge in [-0.05, 0) is 57.7 Å². The van der Waals surface area contributed by atoms with Crippen LogP contribution in [-0.2, 0) is 4.74 Å². The summed E-state index contributed by atoms with van der Waals surface area (Å²) in [4.78, 5) is 9.46. The summed E-state index contributed by atoms with van der Waals surface area (Å²) in [7, 11) is 0. The van der Waals surface area contributed by atoms with Crippen molar-refractivity contribution in [3.8, 4) is 6.07 Å². The number of nitriles is 1. The predicted octanol–water partition coefficient (Wildman–Crippen LogP) is 4.80. The molecule has 144 valence electrons. The Morgan fingerprint density at radius 3 is 2.86 bits per heavy atom. The molecule has 5 nitrogen and oxygen atoms in total. The van der Waals surface area contributed by atoms with Crippen LogP contribution in [0.4, 0.5) is 4.39 Å². The summed E-state index contributed by atoms with van der Waals surface area (Å²) in [6, 6.07) is 8.06. The van der Waals surface area contributed by atoms with Crippen molar-refractivity contribution in [1.82, 2.24) is 14.5 Å². The minimum Gasteiger partial charge on any atom is -0.378 e. The van der Waals surface area contributed by atoms with Gasteiger partial charge in [-0.3, -0.25) is 4.98 Å². The van der Waals surface area contributed by atoms with Gasteiger partial charge in [-0.2, -0.15) is 5.26 Å². The van der Waals surface area contributed by atoms with Crippen LogP contribution in [0.25, 0.3) is 21.9 Å². The largest absolute Gasteiger partial charge is 0.378 e. The summed E-state index contributed by atoms with van der Waals surface area (Å²) in [6.45, 7) is 4.48. The molecule has 1 aliphatic heterocycles. The highest BCUT2D eigenvalue weighted by Crippen LogP contribution is 2.48. The molecule has 3 aromatic rings. The van der Waals surface area contributed by atoms with Gasteiger partial charge in [0.15, 0.2) is 0 Å². The number of pyridine rings is 1. The number of fused-ring (bicyclic) bond motifs is 3. The number of hydrogen-bond donors (Lipinski definition) is 0. The Kier molecular flexibility index (Phi) is 3.92. The summed E-state index contributed by atoms with van der Waals surface area (Å²) in [5.74, 6) is 1.08. The van der Waals surface area contributed by atoms with Gasteiger partial charge in [-0.25, -0.2) is 9.37 Å². The third-order valence-electron chi connectivity index (χ3n) is 6.20. The van der Waals surface area contributed by atoms with Gasteiger partial charge in [-0.15, -0.1) is 0 Å². The van der Waals surface area contributed by atoms with Crippen molar-refractivity contribution >= 4 is 21.9 Å². The lowest BCUT2D eigenvalue weighted by Crippen LogP contribution is -2.37. The van der Waals surface area contributed by atoms with Crippen molar-refractivity contribution < 1.29 is 9.13 Å². The molecule has 1 aromatic carbocycles. The maximum atomic E-state index is 14.3. The molecule has 5 rings (SSSR count). The zero-order valence-corrected chi connectivity index (χ0v) is 16.2. The summed E-state index contributed by atoms with van der Waals surface area (Å²) in [6.07, 6.45) is 4.80. The molecule has 2 atom stereocenters. The summed E-state index contributed by atoms with van der Waals surface area (Å²) < 4.78 is 22.4. The van der Waals surface area contributed by atoms with Crippen LogP contribution < -0.4 is 0 Å². The van der Waals surface area contributed by atoms with Crippen LogP contribution in [0.2, 0.25) is 0 Å². The van der Waals surface area contributed by atoms with E-state index in [0.717, 1.165) is 40.6 Å². The van der Waals surface area contributed by atoms with E-state index in [1.165, 1.54) is 0 Å². The van der Waals surface area contributed by atoms with Crippen LogP contribution in [0, 0.1) is 11.3 Å². The van der Waals surface area contributed by atoms with Crippen molar-refractivity contribution in [3.05, 3.63) is 35.8 Å². The first-order valence-corrected chi connectivity index (χ1v) is 9.96. The van der Waals surface area contributed by atoms with E-state index in [-0.39, 0.29) is 18.1 Å². The molecule has 0 N–H and O–H groups in total.